The van der Waals surface area contributed by atoms with Crippen molar-refractivity contribution < 1.29 is 0 Å². The van der Waals surface area contributed by atoms with Gasteiger partial charge in [-0.05, 0) is 35.7 Å². The zero-order valence-electron chi connectivity index (χ0n) is 14.3. The summed E-state index contributed by atoms with van der Waals surface area (Å²) < 4.78 is 2.10. The smallest absolute Gasteiger partial charge is 0.191 e. The maximum absolute atomic E-state index is 6.38. The maximum atomic E-state index is 6.38. The minimum Gasteiger partial charge on any atom is -0.302 e. The fourth-order valence-corrected chi connectivity index (χ4v) is 3.92. The lowest BCUT2D eigenvalue weighted by Gasteiger charge is -2.13. The lowest BCUT2D eigenvalue weighted by molar-refractivity contribution is 0.498. The highest BCUT2D eigenvalue weighted by Crippen LogP contribution is 2.32. The van der Waals surface area contributed by atoms with Crippen molar-refractivity contribution in [1.82, 2.24) is 19.7 Å². The molecule has 2 aromatic heterocycles. The standard InChI is InChI=1S/C18H17Cl3N4S/c1-11(2)9-25-17(14-5-4-13(19)7-15(14)20)23-24-18(25)26-10-12-3-6-16(21)22-8-12/h3-8,11H,9-10H2,1-2H3. The molecule has 3 aromatic rings. The highest BCUT2D eigenvalue weighted by molar-refractivity contribution is 7.98. The molecule has 1 aromatic carbocycles. The first kappa shape index (κ1) is 19.5. The normalized spacial score (nSPS) is 11.3. The molecule has 0 atom stereocenters. The van der Waals surface area contributed by atoms with Crippen LogP contribution >= 0.6 is 46.6 Å². The largest absolute Gasteiger partial charge is 0.302 e. The van der Waals surface area contributed by atoms with Crippen molar-refractivity contribution >= 4 is 46.6 Å². The van der Waals surface area contributed by atoms with E-state index in [1.54, 1.807) is 30.1 Å². The van der Waals surface area contributed by atoms with Crippen LogP contribution in [0.5, 0.6) is 0 Å². The van der Waals surface area contributed by atoms with Gasteiger partial charge in [-0.2, -0.15) is 0 Å². The summed E-state index contributed by atoms with van der Waals surface area (Å²) in [5.74, 6) is 1.92. The van der Waals surface area contributed by atoms with Crippen LogP contribution in [0.25, 0.3) is 11.4 Å². The first-order valence-electron chi connectivity index (χ1n) is 8.06. The van der Waals surface area contributed by atoms with Crippen LogP contribution in [0.4, 0.5) is 0 Å². The Kier molecular flexibility index (Phi) is 6.46. The molecule has 0 aliphatic carbocycles. The van der Waals surface area contributed by atoms with Gasteiger partial charge in [0.15, 0.2) is 11.0 Å². The maximum Gasteiger partial charge on any atom is 0.191 e. The number of thioether (sulfide) groups is 1. The summed E-state index contributed by atoms with van der Waals surface area (Å²) in [6.07, 6.45) is 1.77. The minimum atomic E-state index is 0.437. The molecule has 2 heterocycles. The summed E-state index contributed by atoms with van der Waals surface area (Å²) in [7, 11) is 0. The quantitative estimate of drug-likeness (QED) is 0.344. The predicted molar refractivity (Wildman–Crippen MR) is 109 cm³/mol. The van der Waals surface area contributed by atoms with Gasteiger partial charge in [-0.25, -0.2) is 4.98 Å². The van der Waals surface area contributed by atoms with E-state index in [-0.39, 0.29) is 0 Å². The van der Waals surface area contributed by atoms with E-state index in [2.05, 4.69) is 33.6 Å². The van der Waals surface area contributed by atoms with Crippen LogP contribution in [-0.2, 0) is 12.3 Å². The third-order valence-corrected chi connectivity index (χ3v) is 5.40. The second kappa shape index (κ2) is 8.61. The van der Waals surface area contributed by atoms with Gasteiger partial charge in [0, 0.05) is 29.1 Å². The number of hydrogen-bond acceptors (Lipinski definition) is 4. The van der Waals surface area contributed by atoms with E-state index < -0.39 is 0 Å². The molecule has 0 amide bonds. The minimum absolute atomic E-state index is 0.437. The topological polar surface area (TPSA) is 43.6 Å². The average Bonchev–Trinajstić information content (AvgIpc) is 2.96. The van der Waals surface area contributed by atoms with Gasteiger partial charge in [0.2, 0.25) is 0 Å². The van der Waals surface area contributed by atoms with E-state index >= 15 is 0 Å². The third-order valence-electron chi connectivity index (χ3n) is 3.59. The van der Waals surface area contributed by atoms with Gasteiger partial charge in [0.05, 0.1) is 5.02 Å². The summed E-state index contributed by atoms with van der Waals surface area (Å²) >= 11 is 19.8. The molecule has 8 heteroatoms. The lowest BCUT2D eigenvalue weighted by atomic mass is 10.2. The van der Waals surface area contributed by atoms with Gasteiger partial charge in [0.25, 0.3) is 0 Å². The number of nitrogens with zero attached hydrogens (tertiary/aromatic N) is 4. The summed E-state index contributed by atoms with van der Waals surface area (Å²) in [6, 6.07) is 9.16. The van der Waals surface area contributed by atoms with Gasteiger partial charge < -0.3 is 4.57 Å². The molecule has 3 rings (SSSR count). The van der Waals surface area contributed by atoms with Gasteiger partial charge >= 0.3 is 0 Å². The van der Waals surface area contributed by atoms with E-state index in [4.69, 9.17) is 34.8 Å². The zero-order chi connectivity index (χ0) is 18.7. The molecule has 0 saturated carbocycles. The average molecular weight is 428 g/mol. The molecule has 26 heavy (non-hydrogen) atoms. The van der Waals surface area contributed by atoms with Gasteiger partial charge in [0.1, 0.15) is 5.15 Å². The van der Waals surface area contributed by atoms with Crippen LogP contribution in [-0.4, -0.2) is 19.7 Å². The molecule has 0 radical (unpaired) electrons. The number of aromatic nitrogens is 4. The van der Waals surface area contributed by atoms with Crippen molar-refractivity contribution in [2.75, 3.05) is 0 Å². The molecule has 0 spiro atoms. The fraction of sp³-hybridized carbons (Fsp3) is 0.278. The predicted octanol–water partition coefficient (Wildman–Crippen LogP) is 6.25. The molecule has 0 fully saturated rings. The zero-order valence-corrected chi connectivity index (χ0v) is 17.4. The second-order valence-electron chi connectivity index (χ2n) is 6.21. The lowest BCUT2D eigenvalue weighted by Crippen LogP contribution is -2.08. The third kappa shape index (κ3) is 4.71. The second-order valence-corrected chi connectivity index (χ2v) is 8.39. The van der Waals surface area contributed by atoms with Crippen LogP contribution in [0.3, 0.4) is 0 Å². The Hall–Kier alpha value is -1.27. The summed E-state index contributed by atoms with van der Waals surface area (Å²) in [4.78, 5) is 4.11. The van der Waals surface area contributed by atoms with Crippen molar-refractivity contribution in [3.8, 4) is 11.4 Å². The number of benzene rings is 1. The Balaban J connectivity index is 1.90. The molecule has 0 N–H and O–H groups in total. The highest BCUT2D eigenvalue weighted by Gasteiger charge is 2.18. The monoisotopic (exact) mass is 426 g/mol. The molecule has 0 unspecified atom stereocenters. The molecule has 0 saturated heterocycles. The number of hydrogen-bond donors (Lipinski definition) is 0. The van der Waals surface area contributed by atoms with Crippen LogP contribution < -0.4 is 0 Å². The molecule has 0 aliphatic rings. The molecule has 4 nitrogen and oxygen atoms in total. The SMILES string of the molecule is CC(C)Cn1c(SCc2ccc(Cl)nc2)nnc1-c1ccc(Cl)cc1Cl. The van der Waals surface area contributed by atoms with Crippen molar-refractivity contribution in [2.24, 2.45) is 5.92 Å². The van der Waals surface area contributed by atoms with Crippen molar-refractivity contribution in [2.45, 2.75) is 31.3 Å². The number of halogens is 3. The van der Waals surface area contributed by atoms with Crippen molar-refractivity contribution in [3.63, 3.8) is 0 Å². The molecule has 0 aliphatic heterocycles. The highest BCUT2D eigenvalue weighted by atomic mass is 35.5. The first-order valence-corrected chi connectivity index (χ1v) is 10.2. The summed E-state index contributed by atoms with van der Waals surface area (Å²) in [6.45, 7) is 5.11. The molecular formula is C18H17Cl3N4S. The van der Waals surface area contributed by atoms with E-state index in [0.29, 0.717) is 21.1 Å². The Bertz CT molecular complexity index is 894. The Morgan fingerprint density at radius 2 is 1.88 bits per heavy atom. The van der Waals surface area contributed by atoms with Crippen LogP contribution in [0.15, 0.2) is 41.7 Å². The van der Waals surface area contributed by atoms with Crippen LogP contribution in [0.1, 0.15) is 19.4 Å². The summed E-state index contributed by atoms with van der Waals surface area (Å²) in [5.41, 5.74) is 1.90. The van der Waals surface area contributed by atoms with Gasteiger partial charge in [-0.1, -0.05) is 66.5 Å². The first-order chi connectivity index (χ1) is 12.4. The number of pyridine rings is 1. The Labute approximate surface area is 171 Å². The van der Waals surface area contributed by atoms with E-state index in [0.717, 1.165) is 34.4 Å². The molecule has 136 valence electrons. The van der Waals surface area contributed by atoms with E-state index in [1.165, 1.54) is 0 Å². The number of rotatable bonds is 6. The van der Waals surface area contributed by atoms with Crippen molar-refractivity contribution in [3.05, 3.63) is 57.3 Å². The van der Waals surface area contributed by atoms with Gasteiger partial charge in [-0.3, -0.25) is 0 Å². The fourth-order valence-electron chi connectivity index (χ4n) is 2.43. The Morgan fingerprint density at radius 1 is 1.08 bits per heavy atom. The molecule has 0 bridgehead atoms. The van der Waals surface area contributed by atoms with E-state index in [1.807, 2.05) is 18.2 Å². The van der Waals surface area contributed by atoms with Gasteiger partial charge in [-0.15, -0.1) is 10.2 Å². The van der Waals surface area contributed by atoms with Crippen LogP contribution in [0.2, 0.25) is 15.2 Å². The van der Waals surface area contributed by atoms with Crippen molar-refractivity contribution in [1.29, 1.82) is 0 Å². The summed E-state index contributed by atoms with van der Waals surface area (Å²) in [5, 5.41) is 11.3. The van der Waals surface area contributed by atoms with E-state index in [9.17, 15) is 0 Å². The Morgan fingerprint density at radius 3 is 2.54 bits per heavy atom. The molecular weight excluding hydrogens is 411 g/mol. The van der Waals surface area contributed by atoms with Crippen LogP contribution in [0, 0.1) is 5.92 Å².